The number of carbonyl (C=O) groups excluding carboxylic acids is 1. The van der Waals surface area contributed by atoms with Crippen LogP contribution in [-0.2, 0) is 17.8 Å². The fourth-order valence-electron chi connectivity index (χ4n) is 3.56. The predicted octanol–water partition coefficient (Wildman–Crippen LogP) is 2.22. The smallest absolute Gasteiger partial charge is 0.340 e. The van der Waals surface area contributed by atoms with Gasteiger partial charge in [0.1, 0.15) is 12.4 Å². The summed E-state index contributed by atoms with van der Waals surface area (Å²) in [5.41, 5.74) is 2.54. The van der Waals surface area contributed by atoms with Gasteiger partial charge in [-0.05, 0) is 36.2 Å². The van der Waals surface area contributed by atoms with Gasteiger partial charge < -0.3 is 10.2 Å². The number of amides is 1. The monoisotopic (exact) mass is 386 g/mol. The maximum absolute atomic E-state index is 12.8. The first-order chi connectivity index (χ1) is 14.2. The van der Waals surface area contributed by atoms with E-state index in [0.717, 1.165) is 28.0 Å². The topological polar surface area (TPSA) is 84.5 Å². The number of rotatable bonds is 4. The molecule has 1 aliphatic heterocycles. The molecule has 1 aliphatic rings. The number of anilines is 3. The highest BCUT2D eigenvalue weighted by Gasteiger charge is 2.25. The van der Waals surface area contributed by atoms with Crippen LogP contribution in [0.2, 0.25) is 0 Å². The number of hydrogen-bond donors (Lipinski definition) is 1. The van der Waals surface area contributed by atoms with Crippen molar-refractivity contribution in [1.29, 1.82) is 0 Å². The Morgan fingerprint density at radius 2 is 1.83 bits per heavy atom. The molecule has 0 atom stereocenters. The zero-order valence-corrected chi connectivity index (χ0v) is 15.5. The van der Waals surface area contributed by atoms with E-state index >= 15 is 0 Å². The van der Waals surface area contributed by atoms with Crippen LogP contribution in [0.5, 0.6) is 0 Å². The molecule has 1 amide bonds. The summed E-state index contributed by atoms with van der Waals surface area (Å²) in [6.07, 6.45) is 2.42. The molecule has 0 bridgehead atoms. The summed E-state index contributed by atoms with van der Waals surface area (Å²) in [7, 11) is 0. The molecule has 4 aromatic rings. The highest BCUT2D eigenvalue weighted by molar-refractivity contribution is 5.95. The average Bonchev–Trinajstić information content (AvgIpc) is 3.30. The summed E-state index contributed by atoms with van der Waals surface area (Å²) < 4.78 is 2.50. The highest BCUT2D eigenvalue weighted by Crippen LogP contribution is 2.27. The van der Waals surface area contributed by atoms with Crippen LogP contribution < -0.4 is 15.9 Å². The number of aromatic nitrogens is 4. The van der Waals surface area contributed by atoms with Crippen LogP contribution >= 0.6 is 0 Å². The molecule has 29 heavy (non-hydrogen) atoms. The van der Waals surface area contributed by atoms with Crippen molar-refractivity contribution in [2.24, 2.45) is 0 Å². The van der Waals surface area contributed by atoms with E-state index in [0.29, 0.717) is 12.4 Å². The first-order valence-corrected chi connectivity index (χ1v) is 9.35. The van der Waals surface area contributed by atoms with Gasteiger partial charge in [-0.15, -0.1) is 5.10 Å². The summed E-state index contributed by atoms with van der Waals surface area (Å²) in [5.74, 6) is 0.647. The molecule has 144 valence electrons. The first kappa shape index (κ1) is 17.2. The number of nitrogens with one attached hydrogen (secondary N) is 1. The van der Waals surface area contributed by atoms with Gasteiger partial charge in [0.25, 0.3) is 5.78 Å². The summed E-state index contributed by atoms with van der Waals surface area (Å²) in [6.45, 7) is 0.488. The molecule has 5 rings (SSSR count). The molecule has 0 spiro atoms. The van der Waals surface area contributed by atoms with Gasteiger partial charge in [0.2, 0.25) is 5.91 Å². The summed E-state index contributed by atoms with van der Waals surface area (Å²) in [6, 6.07) is 19.1. The van der Waals surface area contributed by atoms with Crippen LogP contribution in [0.1, 0.15) is 5.56 Å². The molecule has 0 aliphatic carbocycles. The summed E-state index contributed by atoms with van der Waals surface area (Å²) >= 11 is 0. The van der Waals surface area contributed by atoms with E-state index in [1.807, 2.05) is 54.6 Å². The van der Waals surface area contributed by atoms with E-state index in [4.69, 9.17) is 0 Å². The Morgan fingerprint density at radius 3 is 2.69 bits per heavy atom. The van der Waals surface area contributed by atoms with Gasteiger partial charge in [0.15, 0.2) is 0 Å². The minimum atomic E-state index is -0.389. The lowest BCUT2D eigenvalue weighted by Crippen LogP contribution is -2.35. The summed E-state index contributed by atoms with van der Waals surface area (Å²) in [4.78, 5) is 31.5. The maximum atomic E-state index is 12.8. The van der Waals surface area contributed by atoms with Crippen molar-refractivity contribution >= 4 is 28.9 Å². The number of hydrogen-bond acceptors (Lipinski definition) is 5. The Hall–Kier alpha value is -3.94. The zero-order valence-electron chi connectivity index (χ0n) is 15.5. The first-order valence-electron chi connectivity index (χ1n) is 9.35. The van der Waals surface area contributed by atoms with E-state index in [-0.39, 0.29) is 23.9 Å². The lowest BCUT2D eigenvalue weighted by Gasteiger charge is -2.16. The molecule has 0 saturated heterocycles. The third-order valence-corrected chi connectivity index (χ3v) is 4.97. The largest absolute Gasteiger partial charge is 0.352 e. The molecule has 2 aromatic heterocycles. The highest BCUT2D eigenvalue weighted by atomic mass is 16.2. The molecule has 0 fully saturated rings. The van der Waals surface area contributed by atoms with Gasteiger partial charge in [0, 0.05) is 24.1 Å². The fraction of sp³-hybridized carbons (Fsp3) is 0.143. The van der Waals surface area contributed by atoms with Crippen LogP contribution in [0.15, 0.2) is 71.7 Å². The second-order valence-corrected chi connectivity index (χ2v) is 6.84. The summed E-state index contributed by atoms with van der Waals surface area (Å²) in [5, 5.41) is 7.42. The fourth-order valence-corrected chi connectivity index (χ4v) is 3.56. The number of fused-ring (bicyclic) bond motifs is 2. The van der Waals surface area contributed by atoms with Gasteiger partial charge in [-0.1, -0.05) is 36.4 Å². The van der Waals surface area contributed by atoms with E-state index < -0.39 is 0 Å². The van der Waals surface area contributed by atoms with E-state index in [2.05, 4.69) is 15.4 Å². The Kier molecular flexibility index (Phi) is 4.09. The second kappa shape index (κ2) is 6.90. The lowest BCUT2D eigenvalue weighted by molar-refractivity contribution is -0.119. The van der Waals surface area contributed by atoms with Gasteiger partial charge in [-0.25, -0.2) is 13.9 Å². The van der Waals surface area contributed by atoms with Crippen LogP contribution in [0.25, 0.3) is 5.78 Å². The molecule has 0 radical (unpaired) electrons. The molecule has 1 N–H and O–H groups in total. The molecule has 0 saturated carbocycles. The number of benzene rings is 2. The molecule has 3 heterocycles. The van der Waals surface area contributed by atoms with Crippen LogP contribution in [0, 0.1) is 0 Å². The Labute approximate surface area is 166 Å². The lowest BCUT2D eigenvalue weighted by atomic mass is 10.2. The van der Waals surface area contributed by atoms with Gasteiger partial charge in [-0.2, -0.15) is 4.98 Å². The van der Waals surface area contributed by atoms with E-state index in [1.165, 1.54) is 4.40 Å². The Morgan fingerprint density at radius 1 is 1.03 bits per heavy atom. The van der Waals surface area contributed by atoms with Crippen molar-refractivity contribution in [3.05, 3.63) is 82.9 Å². The number of nitrogens with zero attached hydrogens (tertiary/aromatic N) is 5. The molecular weight excluding hydrogens is 368 g/mol. The van der Waals surface area contributed by atoms with E-state index in [9.17, 15) is 9.59 Å². The van der Waals surface area contributed by atoms with Crippen molar-refractivity contribution in [3.63, 3.8) is 0 Å². The van der Waals surface area contributed by atoms with Crippen LogP contribution in [0.3, 0.4) is 0 Å². The standard InChI is InChI=1S/C21H18N6O2/c28-19(25-12-10-15-6-4-5-9-17(15)25)14-27-21(29)26-13-11-18(23-20(26)24-27)22-16-7-2-1-3-8-16/h1-9,11,13H,10,12,14H2,(H,22,23,24). The van der Waals surface area contributed by atoms with Crippen molar-refractivity contribution < 1.29 is 4.79 Å². The van der Waals surface area contributed by atoms with Crippen LogP contribution in [-0.4, -0.2) is 31.6 Å². The predicted molar refractivity (Wildman–Crippen MR) is 109 cm³/mol. The Bertz CT molecular complexity index is 1260. The maximum Gasteiger partial charge on any atom is 0.352 e. The van der Waals surface area contributed by atoms with E-state index in [1.54, 1.807) is 17.2 Å². The Balaban J connectivity index is 1.40. The molecular formula is C21H18N6O2. The molecule has 0 unspecified atom stereocenters. The minimum absolute atomic E-state index is 0.127. The average molecular weight is 386 g/mol. The molecule has 2 aromatic carbocycles. The van der Waals surface area contributed by atoms with Gasteiger partial charge in [-0.3, -0.25) is 4.79 Å². The minimum Gasteiger partial charge on any atom is -0.340 e. The SMILES string of the molecule is O=C(Cn1nc2nc(Nc3ccccc3)ccn2c1=O)N1CCc2ccccc21. The quantitative estimate of drug-likeness (QED) is 0.581. The molecule has 8 heteroatoms. The molecule has 8 nitrogen and oxygen atoms in total. The number of para-hydroxylation sites is 2. The van der Waals surface area contributed by atoms with Crippen molar-refractivity contribution in [2.45, 2.75) is 13.0 Å². The number of carbonyl (C=O) groups is 1. The van der Waals surface area contributed by atoms with Crippen LogP contribution in [0.4, 0.5) is 17.2 Å². The third-order valence-electron chi connectivity index (χ3n) is 4.97. The normalized spacial score (nSPS) is 12.9. The van der Waals surface area contributed by atoms with Gasteiger partial charge in [0.05, 0.1) is 0 Å². The van der Waals surface area contributed by atoms with Crippen molar-refractivity contribution in [1.82, 2.24) is 19.2 Å². The van der Waals surface area contributed by atoms with Gasteiger partial charge >= 0.3 is 5.69 Å². The second-order valence-electron chi connectivity index (χ2n) is 6.84. The third kappa shape index (κ3) is 3.14. The van der Waals surface area contributed by atoms with Crippen molar-refractivity contribution in [3.8, 4) is 0 Å². The zero-order chi connectivity index (χ0) is 19.8. The van der Waals surface area contributed by atoms with Crippen molar-refractivity contribution in [2.75, 3.05) is 16.8 Å².